The van der Waals surface area contributed by atoms with Gasteiger partial charge in [-0.05, 0) is 52.1 Å². The molecular weight excluding hydrogens is 170 g/mol. The molecule has 0 N–H and O–H groups in total. The Morgan fingerprint density at radius 3 is 2.14 bits per heavy atom. The van der Waals surface area contributed by atoms with Crippen molar-refractivity contribution < 1.29 is 0 Å². The third-order valence-electron chi connectivity index (χ3n) is 3.17. The minimum atomic E-state index is 0.548. The van der Waals surface area contributed by atoms with Gasteiger partial charge in [0.25, 0.3) is 0 Å². The predicted molar refractivity (Wildman–Crippen MR) is 65.7 cm³/mol. The van der Waals surface area contributed by atoms with E-state index in [1.165, 1.54) is 32.2 Å². The van der Waals surface area contributed by atoms with Gasteiger partial charge in [-0.15, -0.1) is 0 Å². The molecule has 0 bridgehead atoms. The van der Waals surface area contributed by atoms with Crippen LogP contribution in [-0.4, -0.2) is 24.5 Å². The highest BCUT2D eigenvalue weighted by atomic mass is 15.1. The largest absolute Gasteiger partial charge is 0.304 e. The Labute approximate surface area is 90.9 Å². The van der Waals surface area contributed by atoms with Crippen LogP contribution in [0.15, 0.2) is 0 Å². The lowest BCUT2D eigenvalue weighted by Crippen LogP contribution is -2.28. The van der Waals surface area contributed by atoms with Crippen LogP contribution in [0.4, 0.5) is 0 Å². The van der Waals surface area contributed by atoms with Crippen molar-refractivity contribution in [3.63, 3.8) is 0 Å². The summed E-state index contributed by atoms with van der Waals surface area (Å²) < 4.78 is 0. The highest BCUT2D eigenvalue weighted by molar-refractivity contribution is 4.69. The minimum absolute atomic E-state index is 0.548. The molecule has 0 saturated carbocycles. The molecule has 0 aromatic rings. The summed E-state index contributed by atoms with van der Waals surface area (Å²) in [5.74, 6) is 0. The summed E-state index contributed by atoms with van der Waals surface area (Å²) in [7, 11) is 2.22. The third kappa shape index (κ3) is 6.42. The standard InChI is InChI=1S/C13H29N/c1-7-9-13(4,5)10-8-11-14(6)12(2)3/h12H,7-11H2,1-6H3. The fraction of sp³-hybridized carbons (Fsp3) is 1.00. The molecule has 1 heteroatoms. The minimum Gasteiger partial charge on any atom is -0.304 e. The molecule has 0 atom stereocenters. The molecule has 0 aromatic carbocycles. The maximum absolute atomic E-state index is 2.43. The fourth-order valence-electron chi connectivity index (χ4n) is 1.87. The van der Waals surface area contributed by atoms with E-state index in [0.29, 0.717) is 11.5 Å². The monoisotopic (exact) mass is 199 g/mol. The summed E-state index contributed by atoms with van der Waals surface area (Å²) in [5, 5.41) is 0. The first-order valence-corrected chi connectivity index (χ1v) is 6.09. The molecule has 0 radical (unpaired) electrons. The van der Waals surface area contributed by atoms with E-state index in [9.17, 15) is 0 Å². The van der Waals surface area contributed by atoms with Gasteiger partial charge in [-0.25, -0.2) is 0 Å². The highest BCUT2D eigenvalue weighted by Crippen LogP contribution is 2.27. The summed E-state index contributed by atoms with van der Waals surface area (Å²) in [6.45, 7) is 12.8. The summed E-state index contributed by atoms with van der Waals surface area (Å²) >= 11 is 0. The van der Waals surface area contributed by atoms with Gasteiger partial charge in [-0.1, -0.05) is 27.2 Å². The first kappa shape index (κ1) is 14.0. The lowest BCUT2D eigenvalue weighted by molar-refractivity contribution is 0.232. The van der Waals surface area contributed by atoms with E-state index in [0.717, 1.165) is 0 Å². The molecule has 0 amide bonds. The van der Waals surface area contributed by atoms with Crippen LogP contribution in [0.1, 0.15) is 60.3 Å². The smallest absolute Gasteiger partial charge is 0.00355 e. The van der Waals surface area contributed by atoms with E-state index < -0.39 is 0 Å². The van der Waals surface area contributed by atoms with Crippen LogP contribution in [0.25, 0.3) is 0 Å². The molecule has 0 rings (SSSR count). The van der Waals surface area contributed by atoms with Gasteiger partial charge < -0.3 is 4.90 Å². The lowest BCUT2D eigenvalue weighted by atomic mass is 9.83. The second kappa shape index (κ2) is 6.44. The zero-order valence-electron chi connectivity index (χ0n) is 11.1. The van der Waals surface area contributed by atoms with Gasteiger partial charge in [0.2, 0.25) is 0 Å². The molecular formula is C13H29N. The average Bonchev–Trinajstić information content (AvgIpc) is 2.03. The normalized spacial score (nSPS) is 12.9. The molecule has 0 aromatic heterocycles. The van der Waals surface area contributed by atoms with Gasteiger partial charge in [0, 0.05) is 6.04 Å². The molecule has 0 aliphatic rings. The average molecular weight is 199 g/mol. The van der Waals surface area contributed by atoms with Gasteiger partial charge in [0.05, 0.1) is 0 Å². The SMILES string of the molecule is CCCC(C)(C)CCCN(C)C(C)C. The molecule has 1 nitrogen and oxygen atoms in total. The summed E-state index contributed by atoms with van der Waals surface area (Å²) in [5.41, 5.74) is 0.548. The van der Waals surface area contributed by atoms with Crippen molar-refractivity contribution in [2.75, 3.05) is 13.6 Å². The van der Waals surface area contributed by atoms with E-state index in [1.54, 1.807) is 0 Å². The quantitative estimate of drug-likeness (QED) is 0.600. The van der Waals surface area contributed by atoms with E-state index in [1.807, 2.05) is 0 Å². The van der Waals surface area contributed by atoms with Crippen molar-refractivity contribution >= 4 is 0 Å². The van der Waals surface area contributed by atoms with Crippen LogP contribution in [0.2, 0.25) is 0 Å². The van der Waals surface area contributed by atoms with Crippen molar-refractivity contribution in [1.29, 1.82) is 0 Å². The van der Waals surface area contributed by atoms with Crippen molar-refractivity contribution in [1.82, 2.24) is 4.90 Å². The topological polar surface area (TPSA) is 3.24 Å². The summed E-state index contributed by atoms with van der Waals surface area (Å²) in [4.78, 5) is 2.43. The van der Waals surface area contributed by atoms with Crippen LogP contribution >= 0.6 is 0 Å². The molecule has 14 heavy (non-hydrogen) atoms. The van der Waals surface area contributed by atoms with Crippen molar-refractivity contribution in [3.05, 3.63) is 0 Å². The number of hydrogen-bond donors (Lipinski definition) is 0. The molecule has 0 aliphatic heterocycles. The number of nitrogens with zero attached hydrogens (tertiary/aromatic N) is 1. The van der Waals surface area contributed by atoms with Crippen LogP contribution in [-0.2, 0) is 0 Å². The Morgan fingerprint density at radius 1 is 1.14 bits per heavy atom. The number of hydrogen-bond acceptors (Lipinski definition) is 1. The van der Waals surface area contributed by atoms with Gasteiger partial charge in [-0.3, -0.25) is 0 Å². The number of rotatable bonds is 7. The second-order valence-electron chi connectivity index (χ2n) is 5.59. The first-order chi connectivity index (χ1) is 6.39. The van der Waals surface area contributed by atoms with Crippen LogP contribution in [0, 0.1) is 5.41 Å². The first-order valence-electron chi connectivity index (χ1n) is 6.09. The Kier molecular flexibility index (Phi) is 6.43. The Hall–Kier alpha value is -0.0400. The van der Waals surface area contributed by atoms with Crippen LogP contribution in [0.5, 0.6) is 0 Å². The lowest BCUT2D eigenvalue weighted by Gasteiger charge is -2.26. The van der Waals surface area contributed by atoms with Gasteiger partial charge in [-0.2, -0.15) is 0 Å². The molecule has 0 heterocycles. The van der Waals surface area contributed by atoms with E-state index >= 15 is 0 Å². The van der Waals surface area contributed by atoms with E-state index in [2.05, 4.69) is 46.6 Å². The van der Waals surface area contributed by atoms with Crippen molar-refractivity contribution in [3.8, 4) is 0 Å². The zero-order valence-corrected chi connectivity index (χ0v) is 11.1. The van der Waals surface area contributed by atoms with Crippen molar-refractivity contribution in [2.24, 2.45) is 5.41 Å². The summed E-state index contributed by atoms with van der Waals surface area (Å²) in [6, 6.07) is 0.685. The van der Waals surface area contributed by atoms with E-state index in [4.69, 9.17) is 0 Å². The molecule has 0 saturated heterocycles. The van der Waals surface area contributed by atoms with Crippen LogP contribution < -0.4 is 0 Å². The van der Waals surface area contributed by atoms with Crippen molar-refractivity contribution in [2.45, 2.75) is 66.3 Å². The highest BCUT2D eigenvalue weighted by Gasteiger charge is 2.16. The zero-order chi connectivity index (χ0) is 11.2. The van der Waals surface area contributed by atoms with Crippen LogP contribution in [0.3, 0.4) is 0 Å². The molecule has 0 spiro atoms. The second-order valence-corrected chi connectivity index (χ2v) is 5.59. The molecule has 0 unspecified atom stereocenters. The Bertz CT molecular complexity index is 138. The maximum atomic E-state index is 2.43. The summed E-state index contributed by atoms with van der Waals surface area (Å²) in [6.07, 6.45) is 5.37. The maximum Gasteiger partial charge on any atom is 0.00355 e. The van der Waals surface area contributed by atoms with Gasteiger partial charge >= 0.3 is 0 Å². The predicted octanol–water partition coefficient (Wildman–Crippen LogP) is 3.93. The third-order valence-corrected chi connectivity index (χ3v) is 3.17. The fourth-order valence-corrected chi connectivity index (χ4v) is 1.87. The van der Waals surface area contributed by atoms with Gasteiger partial charge in [0.1, 0.15) is 0 Å². The Balaban J connectivity index is 3.62. The molecule has 0 fully saturated rings. The molecule has 86 valence electrons. The van der Waals surface area contributed by atoms with Gasteiger partial charge in [0.15, 0.2) is 0 Å². The molecule has 0 aliphatic carbocycles. The van der Waals surface area contributed by atoms with E-state index in [-0.39, 0.29) is 0 Å². The Morgan fingerprint density at radius 2 is 1.71 bits per heavy atom.